The third-order valence-electron chi connectivity index (χ3n) is 4.83. The molecule has 1 aromatic carbocycles. The van der Waals surface area contributed by atoms with Crippen molar-refractivity contribution in [1.82, 2.24) is 10.0 Å². The van der Waals surface area contributed by atoms with E-state index >= 15 is 0 Å². The van der Waals surface area contributed by atoms with Gasteiger partial charge in [0.15, 0.2) is 0 Å². The number of hydrogen-bond donors (Lipinski definition) is 2. The van der Waals surface area contributed by atoms with Gasteiger partial charge in [0.2, 0.25) is 10.0 Å². The van der Waals surface area contributed by atoms with Crippen LogP contribution in [-0.2, 0) is 16.6 Å². The Hall–Kier alpha value is -0.910. The first-order valence-corrected chi connectivity index (χ1v) is 9.39. The van der Waals surface area contributed by atoms with E-state index in [1.165, 1.54) is 19.3 Å². The summed E-state index contributed by atoms with van der Waals surface area (Å²) in [5, 5.41) is 3.22. The second-order valence-electron chi connectivity index (χ2n) is 6.33. The second kappa shape index (κ2) is 6.07. The lowest BCUT2D eigenvalue weighted by Crippen LogP contribution is -2.38. The number of fused-ring (bicyclic) bond motifs is 2. The van der Waals surface area contributed by atoms with Gasteiger partial charge in [0, 0.05) is 12.6 Å². The maximum Gasteiger partial charge on any atom is 0.240 e. The molecule has 1 aromatic rings. The van der Waals surface area contributed by atoms with Crippen molar-refractivity contribution >= 4 is 10.0 Å². The highest BCUT2D eigenvalue weighted by molar-refractivity contribution is 7.89. The molecule has 2 fully saturated rings. The van der Waals surface area contributed by atoms with Crippen molar-refractivity contribution in [3.05, 3.63) is 29.8 Å². The smallest absolute Gasteiger partial charge is 0.240 e. The monoisotopic (exact) mass is 308 g/mol. The molecular weight excluding hydrogens is 284 g/mol. The number of nitrogens with one attached hydrogen (secondary N) is 2. The minimum atomic E-state index is -3.39. The van der Waals surface area contributed by atoms with Crippen molar-refractivity contribution in [2.75, 3.05) is 6.54 Å². The van der Waals surface area contributed by atoms with Crippen molar-refractivity contribution < 1.29 is 8.42 Å². The Morgan fingerprint density at radius 3 is 2.76 bits per heavy atom. The Balaban J connectivity index is 1.72. The first kappa shape index (κ1) is 15.0. The molecule has 4 nitrogen and oxygen atoms in total. The topological polar surface area (TPSA) is 58.2 Å². The largest absolute Gasteiger partial charge is 0.313 e. The van der Waals surface area contributed by atoms with Crippen LogP contribution in [0.5, 0.6) is 0 Å². The van der Waals surface area contributed by atoms with Gasteiger partial charge in [0.05, 0.1) is 4.90 Å². The molecule has 3 rings (SSSR count). The van der Waals surface area contributed by atoms with E-state index < -0.39 is 10.0 Å². The molecule has 0 radical (unpaired) electrons. The predicted molar refractivity (Wildman–Crippen MR) is 83.4 cm³/mol. The SMILES string of the molecule is CCNCc1cccc(S(=O)(=O)NC2CC3CCC2C3)c1. The van der Waals surface area contributed by atoms with Gasteiger partial charge in [-0.05, 0) is 55.3 Å². The molecule has 21 heavy (non-hydrogen) atoms. The van der Waals surface area contributed by atoms with Crippen molar-refractivity contribution in [2.45, 2.75) is 50.1 Å². The van der Waals surface area contributed by atoms with Crippen LogP contribution in [0.15, 0.2) is 29.2 Å². The summed E-state index contributed by atoms with van der Waals surface area (Å²) >= 11 is 0. The third kappa shape index (κ3) is 3.30. The zero-order valence-corrected chi connectivity index (χ0v) is 13.3. The predicted octanol–water partition coefficient (Wildman–Crippen LogP) is 2.26. The molecule has 5 heteroatoms. The van der Waals surface area contributed by atoms with Crippen LogP contribution in [-0.4, -0.2) is 21.0 Å². The molecule has 116 valence electrons. The molecule has 3 unspecified atom stereocenters. The lowest BCUT2D eigenvalue weighted by atomic mass is 9.96. The molecule has 2 aliphatic rings. The van der Waals surface area contributed by atoms with Crippen LogP contribution in [0.1, 0.15) is 38.2 Å². The molecule has 0 amide bonds. The average molecular weight is 308 g/mol. The molecule has 2 N–H and O–H groups in total. The maximum absolute atomic E-state index is 12.6. The Labute approximate surface area is 127 Å². The van der Waals surface area contributed by atoms with Crippen LogP contribution in [0.2, 0.25) is 0 Å². The minimum absolute atomic E-state index is 0.145. The minimum Gasteiger partial charge on any atom is -0.313 e. The highest BCUT2D eigenvalue weighted by Crippen LogP contribution is 2.44. The van der Waals surface area contributed by atoms with E-state index in [-0.39, 0.29) is 6.04 Å². The van der Waals surface area contributed by atoms with Gasteiger partial charge in [-0.1, -0.05) is 25.5 Å². The van der Waals surface area contributed by atoms with Gasteiger partial charge < -0.3 is 5.32 Å². The van der Waals surface area contributed by atoms with Crippen LogP contribution in [0, 0.1) is 11.8 Å². The van der Waals surface area contributed by atoms with E-state index in [0.717, 1.165) is 24.4 Å². The summed E-state index contributed by atoms with van der Waals surface area (Å²) in [6, 6.07) is 7.39. The summed E-state index contributed by atoms with van der Waals surface area (Å²) in [5.74, 6) is 1.29. The van der Waals surface area contributed by atoms with E-state index in [9.17, 15) is 8.42 Å². The zero-order chi connectivity index (χ0) is 14.9. The van der Waals surface area contributed by atoms with E-state index in [0.29, 0.717) is 17.4 Å². The molecular formula is C16H24N2O2S. The fourth-order valence-corrected chi connectivity index (χ4v) is 5.14. The quantitative estimate of drug-likeness (QED) is 0.847. The van der Waals surface area contributed by atoms with Crippen LogP contribution in [0.4, 0.5) is 0 Å². The van der Waals surface area contributed by atoms with Crippen molar-refractivity contribution in [3.8, 4) is 0 Å². The summed E-state index contributed by atoms with van der Waals surface area (Å²) in [7, 11) is -3.39. The van der Waals surface area contributed by atoms with Crippen molar-refractivity contribution in [1.29, 1.82) is 0 Å². The standard InChI is InChI=1S/C16H24N2O2S/c1-2-17-11-13-4-3-5-15(9-13)21(19,20)18-16-10-12-6-7-14(16)8-12/h3-5,9,12,14,16-18H,2,6-8,10-11H2,1H3. The first-order chi connectivity index (χ1) is 10.1. The fraction of sp³-hybridized carbons (Fsp3) is 0.625. The summed E-state index contributed by atoms with van der Waals surface area (Å²) in [5.41, 5.74) is 1.01. The van der Waals surface area contributed by atoms with Gasteiger partial charge >= 0.3 is 0 Å². The van der Waals surface area contributed by atoms with E-state index in [4.69, 9.17) is 0 Å². The molecule has 2 saturated carbocycles. The van der Waals surface area contributed by atoms with Crippen molar-refractivity contribution in [3.63, 3.8) is 0 Å². The Kier molecular flexibility index (Phi) is 4.33. The Morgan fingerprint density at radius 2 is 2.10 bits per heavy atom. The summed E-state index contributed by atoms with van der Waals surface area (Å²) in [6.45, 7) is 3.62. The van der Waals surface area contributed by atoms with E-state index in [1.54, 1.807) is 12.1 Å². The highest BCUT2D eigenvalue weighted by Gasteiger charge is 2.41. The van der Waals surface area contributed by atoms with Crippen LogP contribution >= 0.6 is 0 Å². The molecule has 3 atom stereocenters. The van der Waals surface area contributed by atoms with Gasteiger partial charge in [-0.15, -0.1) is 0 Å². The fourth-order valence-electron chi connectivity index (χ4n) is 3.75. The van der Waals surface area contributed by atoms with Gasteiger partial charge in [0.25, 0.3) is 0 Å². The molecule has 0 saturated heterocycles. The number of hydrogen-bond acceptors (Lipinski definition) is 3. The number of benzene rings is 1. The third-order valence-corrected chi connectivity index (χ3v) is 6.32. The van der Waals surface area contributed by atoms with E-state index in [1.807, 2.05) is 19.1 Å². The lowest BCUT2D eigenvalue weighted by Gasteiger charge is -2.22. The summed E-state index contributed by atoms with van der Waals surface area (Å²) in [4.78, 5) is 0.390. The summed E-state index contributed by atoms with van der Waals surface area (Å²) in [6.07, 6.45) is 4.67. The maximum atomic E-state index is 12.6. The zero-order valence-electron chi connectivity index (χ0n) is 12.5. The normalized spacial score (nSPS) is 28.1. The summed E-state index contributed by atoms with van der Waals surface area (Å²) < 4.78 is 28.1. The Bertz CT molecular complexity index is 600. The average Bonchev–Trinajstić information content (AvgIpc) is 3.07. The van der Waals surface area contributed by atoms with Crippen LogP contribution in [0.25, 0.3) is 0 Å². The van der Waals surface area contributed by atoms with Gasteiger partial charge in [0.1, 0.15) is 0 Å². The highest BCUT2D eigenvalue weighted by atomic mass is 32.2. The van der Waals surface area contributed by atoms with Crippen molar-refractivity contribution in [2.24, 2.45) is 11.8 Å². The first-order valence-electron chi connectivity index (χ1n) is 7.90. The molecule has 2 bridgehead atoms. The molecule has 0 aliphatic heterocycles. The van der Waals surface area contributed by atoms with Gasteiger partial charge in [-0.3, -0.25) is 0 Å². The molecule has 0 spiro atoms. The van der Waals surface area contributed by atoms with Gasteiger partial charge in [-0.25, -0.2) is 13.1 Å². The molecule has 0 aromatic heterocycles. The van der Waals surface area contributed by atoms with Gasteiger partial charge in [-0.2, -0.15) is 0 Å². The number of rotatable bonds is 6. The lowest BCUT2D eigenvalue weighted by molar-refractivity contribution is 0.390. The Morgan fingerprint density at radius 1 is 1.24 bits per heavy atom. The van der Waals surface area contributed by atoms with E-state index in [2.05, 4.69) is 10.0 Å². The number of sulfonamides is 1. The van der Waals surface area contributed by atoms with Crippen LogP contribution < -0.4 is 10.0 Å². The molecule has 0 heterocycles. The molecule has 2 aliphatic carbocycles. The van der Waals surface area contributed by atoms with Crippen LogP contribution in [0.3, 0.4) is 0 Å². The second-order valence-corrected chi connectivity index (χ2v) is 8.04.